The number of carbonyl (C=O) groups excluding carboxylic acids is 2. The summed E-state index contributed by atoms with van der Waals surface area (Å²) in [6.45, 7) is 3.28. The zero-order chi connectivity index (χ0) is 13.3. The predicted octanol–water partition coefficient (Wildman–Crippen LogP) is 1.47. The Morgan fingerprint density at radius 3 is 2.06 bits per heavy atom. The van der Waals surface area contributed by atoms with Crippen molar-refractivity contribution in [2.24, 2.45) is 0 Å². The molecule has 0 amide bonds. The van der Waals surface area contributed by atoms with Gasteiger partial charge in [-0.2, -0.15) is 0 Å². The van der Waals surface area contributed by atoms with Crippen LogP contribution in [-0.2, 0) is 23.9 Å². The SMILES string of the molecule is CCCC(=O)OC(C)OC(=O)CCCC(=O)O. The molecule has 0 aromatic heterocycles. The Kier molecular flexibility index (Phi) is 7.75. The van der Waals surface area contributed by atoms with E-state index in [0.29, 0.717) is 6.42 Å². The highest BCUT2D eigenvalue weighted by Crippen LogP contribution is 2.03. The van der Waals surface area contributed by atoms with Crippen molar-refractivity contribution in [2.75, 3.05) is 0 Å². The second-order valence-corrected chi connectivity index (χ2v) is 3.54. The normalized spacial score (nSPS) is 11.6. The first-order chi connectivity index (χ1) is 7.95. The first kappa shape index (κ1) is 15.4. The standard InChI is InChI=1S/C11H18O6/c1-3-5-10(14)16-8(2)17-11(15)7-4-6-9(12)13/h8H,3-7H2,1-2H3,(H,12,13). The van der Waals surface area contributed by atoms with E-state index in [1.165, 1.54) is 6.92 Å². The van der Waals surface area contributed by atoms with Crippen LogP contribution in [-0.4, -0.2) is 29.3 Å². The molecule has 0 aliphatic carbocycles. The first-order valence-electron chi connectivity index (χ1n) is 5.56. The van der Waals surface area contributed by atoms with Crippen molar-refractivity contribution < 1.29 is 29.0 Å². The molecule has 1 N–H and O–H groups in total. The smallest absolute Gasteiger partial charge is 0.308 e. The van der Waals surface area contributed by atoms with Crippen LogP contribution in [0.2, 0.25) is 0 Å². The van der Waals surface area contributed by atoms with Gasteiger partial charge in [-0.25, -0.2) is 0 Å². The molecule has 0 aliphatic rings. The van der Waals surface area contributed by atoms with Crippen LogP contribution in [0.5, 0.6) is 0 Å². The minimum absolute atomic E-state index is 0.00195. The third-order valence-electron chi connectivity index (χ3n) is 1.82. The number of rotatable bonds is 8. The van der Waals surface area contributed by atoms with Gasteiger partial charge in [0.05, 0.1) is 0 Å². The third-order valence-corrected chi connectivity index (χ3v) is 1.82. The molecule has 6 heteroatoms. The number of carboxylic acid groups (broad SMARTS) is 1. The van der Waals surface area contributed by atoms with E-state index >= 15 is 0 Å². The minimum atomic E-state index is -0.958. The summed E-state index contributed by atoms with van der Waals surface area (Å²) in [5.74, 6) is -1.94. The van der Waals surface area contributed by atoms with E-state index in [1.54, 1.807) is 0 Å². The van der Waals surface area contributed by atoms with E-state index in [0.717, 1.165) is 0 Å². The summed E-state index contributed by atoms with van der Waals surface area (Å²) in [6, 6.07) is 0. The monoisotopic (exact) mass is 246 g/mol. The van der Waals surface area contributed by atoms with Crippen LogP contribution in [0.4, 0.5) is 0 Å². The van der Waals surface area contributed by atoms with Crippen LogP contribution in [0.1, 0.15) is 46.0 Å². The highest BCUT2D eigenvalue weighted by Gasteiger charge is 2.13. The lowest BCUT2D eigenvalue weighted by Gasteiger charge is -2.13. The Balaban J connectivity index is 3.72. The molecule has 6 nitrogen and oxygen atoms in total. The average Bonchev–Trinajstić information content (AvgIpc) is 2.16. The lowest BCUT2D eigenvalue weighted by Crippen LogP contribution is -2.21. The van der Waals surface area contributed by atoms with Gasteiger partial charge in [-0.1, -0.05) is 6.92 Å². The van der Waals surface area contributed by atoms with Gasteiger partial charge in [-0.3, -0.25) is 14.4 Å². The number of esters is 2. The number of carbonyl (C=O) groups is 3. The molecule has 0 aromatic rings. The Morgan fingerprint density at radius 1 is 1.06 bits per heavy atom. The summed E-state index contributed by atoms with van der Waals surface area (Å²) in [5, 5.41) is 8.36. The molecule has 0 saturated heterocycles. The fourth-order valence-electron chi connectivity index (χ4n) is 1.10. The zero-order valence-corrected chi connectivity index (χ0v) is 10.1. The second kappa shape index (κ2) is 8.55. The molecule has 0 radical (unpaired) electrons. The summed E-state index contributed by atoms with van der Waals surface area (Å²) in [7, 11) is 0. The van der Waals surface area contributed by atoms with Crippen molar-refractivity contribution in [3.05, 3.63) is 0 Å². The molecule has 0 aromatic carbocycles. The summed E-state index contributed by atoms with van der Waals surface area (Å²) >= 11 is 0. The number of carboxylic acids is 1. The molecule has 0 fully saturated rings. The van der Waals surface area contributed by atoms with E-state index in [-0.39, 0.29) is 25.7 Å². The van der Waals surface area contributed by atoms with Gasteiger partial charge in [0.15, 0.2) is 0 Å². The highest BCUT2D eigenvalue weighted by molar-refractivity contribution is 5.72. The van der Waals surface area contributed by atoms with Gasteiger partial charge in [0.1, 0.15) is 0 Å². The number of hydrogen-bond acceptors (Lipinski definition) is 5. The average molecular weight is 246 g/mol. The summed E-state index contributed by atoms with van der Waals surface area (Å²) < 4.78 is 9.56. The van der Waals surface area contributed by atoms with Gasteiger partial charge < -0.3 is 14.6 Å². The van der Waals surface area contributed by atoms with Gasteiger partial charge in [-0.15, -0.1) is 0 Å². The Bertz CT molecular complexity index is 273. The largest absolute Gasteiger partial charge is 0.481 e. The number of ether oxygens (including phenoxy) is 2. The van der Waals surface area contributed by atoms with E-state index in [9.17, 15) is 14.4 Å². The van der Waals surface area contributed by atoms with Crippen LogP contribution >= 0.6 is 0 Å². The van der Waals surface area contributed by atoms with Crippen molar-refractivity contribution in [1.82, 2.24) is 0 Å². The summed E-state index contributed by atoms with van der Waals surface area (Å²) in [5.41, 5.74) is 0. The molecule has 0 bridgehead atoms. The van der Waals surface area contributed by atoms with Crippen LogP contribution in [0, 0.1) is 0 Å². The van der Waals surface area contributed by atoms with Gasteiger partial charge in [0, 0.05) is 26.2 Å². The zero-order valence-electron chi connectivity index (χ0n) is 10.1. The molecular formula is C11H18O6. The molecule has 17 heavy (non-hydrogen) atoms. The predicted molar refractivity (Wildman–Crippen MR) is 58.0 cm³/mol. The van der Waals surface area contributed by atoms with Crippen molar-refractivity contribution in [3.63, 3.8) is 0 Å². The Labute approximate surface area is 99.9 Å². The highest BCUT2D eigenvalue weighted by atomic mass is 16.7. The Hall–Kier alpha value is -1.59. The van der Waals surface area contributed by atoms with Crippen molar-refractivity contribution >= 4 is 17.9 Å². The third kappa shape index (κ3) is 9.35. The molecule has 1 atom stereocenters. The number of aliphatic carboxylic acids is 1. The van der Waals surface area contributed by atoms with Gasteiger partial charge >= 0.3 is 17.9 Å². The number of hydrogen-bond donors (Lipinski definition) is 1. The van der Waals surface area contributed by atoms with Crippen LogP contribution in [0.15, 0.2) is 0 Å². The topological polar surface area (TPSA) is 89.9 Å². The van der Waals surface area contributed by atoms with Gasteiger partial charge in [0.25, 0.3) is 0 Å². The fourth-order valence-corrected chi connectivity index (χ4v) is 1.10. The molecule has 0 saturated carbocycles. The maximum atomic E-state index is 11.2. The second-order valence-electron chi connectivity index (χ2n) is 3.54. The van der Waals surface area contributed by atoms with Crippen molar-refractivity contribution in [3.8, 4) is 0 Å². The molecule has 98 valence electrons. The van der Waals surface area contributed by atoms with E-state index in [4.69, 9.17) is 14.6 Å². The van der Waals surface area contributed by atoms with Crippen molar-refractivity contribution in [1.29, 1.82) is 0 Å². The van der Waals surface area contributed by atoms with Gasteiger partial charge in [-0.05, 0) is 12.8 Å². The lowest BCUT2D eigenvalue weighted by molar-refractivity contribution is -0.184. The molecule has 0 aliphatic heterocycles. The fraction of sp³-hybridized carbons (Fsp3) is 0.727. The van der Waals surface area contributed by atoms with Crippen LogP contribution in [0.3, 0.4) is 0 Å². The molecule has 0 heterocycles. The first-order valence-corrected chi connectivity index (χ1v) is 5.56. The van der Waals surface area contributed by atoms with Crippen LogP contribution < -0.4 is 0 Å². The maximum absolute atomic E-state index is 11.2. The van der Waals surface area contributed by atoms with Gasteiger partial charge in [0.2, 0.25) is 6.29 Å². The lowest BCUT2D eigenvalue weighted by atomic mass is 10.2. The molecule has 0 spiro atoms. The molecule has 0 rings (SSSR count). The van der Waals surface area contributed by atoms with E-state index < -0.39 is 24.2 Å². The van der Waals surface area contributed by atoms with E-state index in [1.807, 2.05) is 6.92 Å². The minimum Gasteiger partial charge on any atom is -0.481 e. The maximum Gasteiger partial charge on any atom is 0.308 e. The van der Waals surface area contributed by atoms with Crippen molar-refractivity contribution in [2.45, 2.75) is 52.2 Å². The van der Waals surface area contributed by atoms with E-state index in [2.05, 4.69) is 0 Å². The molecule has 1 unspecified atom stereocenters. The summed E-state index contributed by atoms with van der Waals surface area (Å²) in [4.78, 5) is 32.4. The Morgan fingerprint density at radius 2 is 1.59 bits per heavy atom. The summed E-state index contributed by atoms with van der Waals surface area (Å²) in [6.07, 6.45) is 0.149. The molecular weight excluding hydrogens is 228 g/mol. The quantitative estimate of drug-likeness (QED) is 0.515. The van der Waals surface area contributed by atoms with Crippen LogP contribution in [0.25, 0.3) is 0 Å².